The molecular weight excluding hydrogens is 252 g/mol. The Labute approximate surface area is 119 Å². The van der Waals surface area contributed by atoms with Crippen LogP contribution in [0.3, 0.4) is 0 Å². The van der Waals surface area contributed by atoms with Gasteiger partial charge in [-0.05, 0) is 31.5 Å². The van der Waals surface area contributed by atoms with Crippen LogP contribution in [0.4, 0.5) is 0 Å². The van der Waals surface area contributed by atoms with Gasteiger partial charge in [0.05, 0.1) is 12.7 Å². The fourth-order valence-corrected chi connectivity index (χ4v) is 2.07. The summed E-state index contributed by atoms with van der Waals surface area (Å²) >= 11 is 0. The summed E-state index contributed by atoms with van der Waals surface area (Å²) in [6.45, 7) is 4.40. The number of methoxy groups -OCH3 is 1. The number of hydrogen-bond acceptors (Lipinski definition) is 3. The molecule has 0 amide bonds. The van der Waals surface area contributed by atoms with Gasteiger partial charge in [0.1, 0.15) is 12.4 Å². The van der Waals surface area contributed by atoms with Crippen LogP contribution in [0.5, 0.6) is 5.75 Å². The Morgan fingerprint density at radius 2 is 1.85 bits per heavy atom. The maximum absolute atomic E-state index is 11.7. The fraction of sp³-hybridized carbons (Fsp3) is 0.235. The lowest BCUT2D eigenvalue weighted by Crippen LogP contribution is -2.08. The van der Waals surface area contributed by atoms with Crippen molar-refractivity contribution >= 4 is 5.97 Å². The van der Waals surface area contributed by atoms with Crippen molar-refractivity contribution in [1.82, 2.24) is 0 Å². The monoisotopic (exact) mass is 270 g/mol. The van der Waals surface area contributed by atoms with E-state index in [9.17, 15) is 4.79 Å². The third-order valence-electron chi connectivity index (χ3n) is 3.14. The van der Waals surface area contributed by atoms with Crippen molar-refractivity contribution in [3.8, 4) is 5.75 Å². The molecule has 2 rings (SSSR count). The molecule has 0 aliphatic rings. The quantitative estimate of drug-likeness (QED) is 0.795. The molecule has 0 heterocycles. The van der Waals surface area contributed by atoms with Crippen LogP contribution >= 0.6 is 0 Å². The lowest BCUT2D eigenvalue weighted by atomic mass is 10.1. The van der Waals surface area contributed by atoms with E-state index in [1.54, 1.807) is 6.07 Å². The maximum Gasteiger partial charge on any atom is 0.338 e. The molecule has 2 aromatic carbocycles. The summed E-state index contributed by atoms with van der Waals surface area (Å²) in [6.07, 6.45) is 0. The predicted molar refractivity (Wildman–Crippen MR) is 78.0 cm³/mol. The minimum atomic E-state index is -0.343. The molecule has 2 aromatic rings. The Morgan fingerprint density at radius 1 is 1.10 bits per heavy atom. The molecule has 0 aromatic heterocycles. The van der Waals surface area contributed by atoms with Crippen molar-refractivity contribution in [2.24, 2.45) is 0 Å². The zero-order chi connectivity index (χ0) is 14.5. The van der Waals surface area contributed by atoms with E-state index in [0.29, 0.717) is 12.2 Å². The van der Waals surface area contributed by atoms with E-state index in [0.717, 1.165) is 16.9 Å². The van der Waals surface area contributed by atoms with E-state index in [-0.39, 0.29) is 5.97 Å². The fourth-order valence-electron chi connectivity index (χ4n) is 2.07. The average molecular weight is 270 g/mol. The minimum Gasteiger partial charge on any atom is -0.489 e. The second-order valence-electron chi connectivity index (χ2n) is 4.71. The summed E-state index contributed by atoms with van der Waals surface area (Å²) < 4.78 is 10.6. The zero-order valence-corrected chi connectivity index (χ0v) is 12.0. The number of aryl methyl sites for hydroxylation is 2. The third kappa shape index (κ3) is 3.18. The summed E-state index contributed by atoms with van der Waals surface area (Å²) in [6, 6.07) is 13.3. The van der Waals surface area contributed by atoms with Gasteiger partial charge in [0.2, 0.25) is 0 Å². The van der Waals surface area contributed by atoms with Gasteiger partial charge in [-0.15, -0.1) is 0 Å². The van der Waals surface area contributed by atoms with Crippen LogP contribution in [0.1, 0.15) is 27.0 Å². The topological polar surface area (TPSA) is 35.5 Å². The van der Waals surface area contributed by atoms with Crippen LogP contribution in [-0.2, 0) is 11.3 Å². The highest BCUT2D eigenvalue weighted by Gasteiger charge is 2.11. The second kappa shape index (κ2) is 6.24. The van der Waals surface area contributed by atoms with E-state index in [1.165, 1.54) is 12.7 Å². The third-order valence-corrected chi connectivity index (χ3v) is 3.14. The summed E-state index contributed by atoms with van der Waals surface area (Å²) in [7, 11) is 1.38. The number of benzene rings is 2. The molecule has 0 bridgehead atoms. The number of carbonyl (C=O) groups excluding carboxylic acids is 1. The average Bonchev–Trinajstić information content (AvgIpc) is 2.46. The van der Waals surface area contributed by atoms with Crippen molar-refractivity contribution in [3.05, 3.63) is 64.7 Å². The van der Waals surface area contributed by atoms with E-state index >= 15 is 0 Å². The number of hydrogen-bond donors (Lipinski definition) is 0. The highest BCUT2D eigenvalue weighted by atomic mass is 16.5. The minimum absolute atomic E-state index is 0.342. The van der Waals surface area contributed by atoms with Gasteiger partial charge in [0, 0.05) is 5.56 Å². The van der Waals surface area contributed by atoms with Crippen molar-refractivity contribution in [3.63, 3.8) is 0 Å². The molecule has 20 heavy (non-hydrogen) atoms. The van der Waals surface area contributed by atoms with E-state index in [2.05, 4.69) is 6.07 Å². The van der Waals surface area contributed by atoms with Gasteiger partial charge in [0.25, 0.3) is 0 Å². The van der Waals surface area contributed by atoms with Crippen LogP contribution < -0.4 is 4.74 Å². The van der Waals surface area contributed by atoms with Crippen molar-refractivity contribution in [1.29, 1.82) is 0 Å². The van der Waals surface area contributed by atoms with Crippen LogP contribution in [0, 0.1) is 13.8 Å². The molecule has 0 N–H and O–H groups in total. The van der Waals surface area contributed by atoms with E-state index in [4.69, 9.17) is 9.47 Å². The molecule has 3 heteroatoms. The Hall–Kier alpha value is -2.29. The Kier molecular flexibility index (Phi) is 4.41. The number of esters is 1. The van der Waals surface area contributed by atoms with E-state index in [1.807, 2.05) is 44.2 Å². The first kappa shape index (κ1) is 14.1. The van der Waals surface area contributed by atoms with Gasteiger partial charge in [-0.25, -0.2) is 4.79 Å². The normalized spacial score (nSPS) is 10.2. The molecule has 0 aliphatic carbocycles. The van der Waals surface area contributed by atoms with Crippen LogP contribution in [-0.4, -0.2) is 13.1 Å². The molecule has 0 spiro atoms. The number of ether oxygens (including phenoxy) is 2. The Morgan fingerprint density at radius 3 is 2.55 bits per heavy atom. The number of rotatable bonds is 4. The van der Waals surface area contributed by atoms with Gasteiger partial charge in [0.15, 0.2) is 0 Å². The SMILES string of the molecule is COC(=O)c1ccccc1COc1ccc(C)cc1C. The zero-order valence-electron chi connectivity index (χ0n) is 12.0. The predicted octanol–water partition coefficient (Wildman–Crippen LogP) is 3.67. The van der Waals surface area contributed by atoms with Gasteiger partial charge >= 0.3 is 5.97 Å². The van der Waals surface area contributed by atoms with Crippen molar-refractivity contribution in [2.45, 2.75) is 20.5 Å². The lowest BCUT2D eigenvalue weighted by Gasteiger charge is -2.12. The first-order valence-corrected chi connectivity index (χ1v) is 6.48. The summed E-state index contributed by atoms with van der Waals surface area (Å²) in [5.41, 5.74) is 3.64. The standard InChI is InChI=1S/C17H18O3/c1-12-8-9-16(13(2)10-12)20-11-14-6-4-5-7-15(14)17(18)19-3/h4-10H,11H2,1-3H3. The van der Waals surface area contributed by atoms with Gasteiger partial charge in [-0.1, -0.05) is 35.9 Å². The highest BCUT2D eigenvalue weighted by molar-refractivity contribution is 5.90. The maximum atomic E-state index is 11.7. The van der Waals surface area contributed by atoms with Gasteiger partial charge < -0.3 is 9.47 Å². The Balaban J connectivity index is 2.17. The second-order valence-corrected chi connectivity index (χ2v) is 4.71. The van der Waals surface area contributed by atoms with Crippen LogP contribution in [0.25, 0.3) is 0 Å². The molecular formula is C17H18O3. The molecule has 0 saturated carbocycles. The summed E-state index contributed by atoms with van der Waals surface area (Å²) in [5, 5.41) is 0. The van der Waals surface area contributed by atoms with Crippen LogP contribution in [0.2, 0.25) is 0 Å². The molecule has 0 aliphatic heterocycles. The molecule has 0 unspecified atom stereocenters. The summed E-state index contributed by atoms with van der Waals surface area (Å²) in [4.78, 5) is 11.7. The molecule has 0 saturated heterocycles. The van der Waals surface area contributed by atoms with Gasteiger partial charge in [-0.2, -0.15) is 0 Å². The van der Waals surface area contributed by atoms with E-state index < -0.39 is 0 Å². The Bertz CT molecular complexity index is 617. The molecule has 0 radical (unpaired) electrons. The van der Waals surface area contributed by atoms with Crippen molar-refractivity contribution < 1.29 is 14.3 Å². The number of carbonyl (C=O) groups is 1. The molecule has 0 fully saturated rings. The molecule has 3 nitrogen and oxygen atoms in total. The van der Waals surface area contributed by atoms with Crippen molar-refractivity contribution in [2.75, 3.05) is 7.11 Å². The van der Waals surface area contributed by atoms with Gasteiger partial charge in [-0.3, -0.25) is 0 Å². The first-order valence-electron chi connectivity index (χ1n) is 6.48. The summed E-state index contributed by atoms with van der Waals surface area (Å²) in [5.74, 6) is 0.486. The highest BCUT2D eigenvalue weighted by Crippen LogP contribution is 2.21. The lowest BCUT2D eigenvalue weighted by molar-refractivity contribution is 0.0597. The molecule has 0 atom stereocenters. The largest absolute Gasteiger partial charge is 0.489 e. The smallest absolute Gasteiger partial charge is 0.338 e. The molecule has 104 valence electrons. The van der Waals surface area contributed by atoms with Crippen LogP contribution in [0.15, 0.2) is 42.5 Å². The first-order chi connectivity index (χ1) is 9.61.